The van der Waals surface area contributed by atoms with Crippen LogP contribution in [0.4, 0.5) is 5.82 Å². The number of amides is 1. The van der Waals surface area contributed by atoms with Crippen LogP contribution in [-0.2, 0) is 4.74 Å². The highest BCUT2D eigenvalue weighted by Gasteiger charge is 2.23. The van der Waals surface area contributed by atoms with Gasteiger partial charge in [0.15, 0.2) is 0 Å². The van der Waals surface area contributed by atoms with Crippen molar-refractivity contribution < 1.29 is 9.53 Å². The normalized spacial score (nSPS) is 15.7. The molecule has 4 rings (SSSR count). The minimum atomic E-state index is -0.0696. The molecule has 0 radical (unpaired) electrons. The molecule has 1 atom stereocenters. The van der Waals surface area contributed by atoms with Crippen molar-refractivity contribution in [2.45, 2.75) is 19.9 Å². The summed E-state index contributed by atoms with van der Waals surface area (Å²) in [5.41, 5.74) is 2.02. The van der Waals surface area contributed by atoms with Crippen LogP contribution in [0.3, 0.4) is 0 Å². The molecule has 1 aromatic carbocycles. The molecule has 6 nitrogen and oxygen atoms in total. The highest BCUT2D eigenvalue weighted by molar-refractivity contribution is 7.20. The molecule has 1 fully saturated rings. The number of thiophene rings is 1. The number of nitrogens with zero attached hydrogens (tertiary/aromatic N) is 3. The average molecular weight is 382 g/mol. The minimum Gasteiger partial charge on any atom is -0.378 e. The molecule has 0 bridgehead atoms. The number of aromatic nitrogens is 2. The lowest BCUT2D eigenvalue weighted by atomic mass is 10.1. The van der Waals surface area contributed by atoms with Crippen LogP contribution < -0.4 is 10.2 Å². The topological polar surface area (TPSA) is 67.4 Å². The summed E-state index contributed by atoms with van der Waals surface area (Å²) in [5, 5.41) is 4.08. The number of ether oxygens (including phenoxy) is 1. The number of rotatable bonds is 4. The summed E-state index contributed by atoms with van der Waals surface area (Å²) in [6.45, 7) is 6.96. The first-order valence-corrected chi connectivity index (χ1v) is 9.89. The number of hydrogen-bond donors (Lipinski definition) is 1. The molecule has 27 heavy (non-hydrogen) atoms. The van der Waals surface area contributed by atoms with Gasteiger partial charge in [0.1, 0.15) is 17.0 Å². The van der Waals surface area contributed by atoms with Crippen molar-refractivity contribution in [2.75, 3.05) is 31.2 Å². The lowest BCUT2D eigenvalue weighted by molar-refractivity contribution is 0.0943. The van der Waals surface area contributed by atoms with Crippen LogP contribution in [0.2, 0.25) is 0 Å². The molecule has 0 saturated carbocycles. The third-order valence-corrected chi connectivity index (χ3v) is 6.07. The van der Waals surface area contributed by atoms with E-state index in [1.807, 2.05) is 44.2 Å². The van der Waals surface area contributed by atoms with Gasteiger partial charge in [0, 0.05) is 13.1 Å². The summed E-state index contributed by atoms with van der Waals surface area (Å²) in [7, 11) is 0. The number of hydrogen-bond acceptors (Lipinski definition) is 6. The maximum Gasteiger partial charge on any atom is 0.262 e. The maximum absolute atomic E-state index is 12.9. The minimum absolute atomic E-state index is 0.0619. The Bertz CT molecular complexity index is 951. The van der Waals surface area contributed by atoms with Gasteiger partial charge >= 0.3 is 0 Å². The molecule has 2 aromatic heterocycles. The quantitative estimate of drug-likeness (QED) is 0.750. The van der Waals surface area contributed by atoms with E-state index in [0.29, 0.717) is 18.1 Å². The number of nitrogens with one attached hydrogen (secondary N) is 1. The molecule has 3 aromatic rings. The molecule has 1 amide bonds. The highest BCUT2D eigenvalue weighted by Crippen LogP contribution is 2.35. The second-order valence-corrected chi connectivity index (χ2v) is 7.64. The molecule has 140 valence electrons. The second kappa shape index (κ2) is 7.62. The summed E-state index contributed by atoms with van der Waals surface area (Å²) in [6, 6.07) is 9.91. The van der Waals surface area contributed by atoms with Crippen molar-refractivity contribution >= 4 is 33.3 Å². The van der Waals surface area contributed by atoms with E-state index in [1.54, 1.807) is 6.33 Å². The van der Waals surface area contributed by atoms with Gasteiger partial charge in [-0.15, -0.1) is 11.3 Å². The Hall–Kier alpha value is -2.51. The first kappa shape index (κ1) is 17.9. The Kier molecular flexibility index (Phi) is 5.05. The molecule has 1 saturated heterocycles. The largest absolute Gasteiger partial charge is 0.378 e. The number of aryl methyl sites for hydroxylation is 1. The third kappa shape index (κ3) is 3.52. The zero-order valence-electron chi connectivity index (χ0n) is 15.4. The lowest BCUT2D eigenvalue weighted by Gasteiger charge is -2.28. The molecule has 3 heterocycles. The number of anilines is 1. The summed E-state index contributed by atoms with van der Waals surface area (Å²) in [4.78, 5) is 25.6. The van der Waals surface area contributed by atoms with E-state index in [-0.39, 0.29) is 11.9 Å². The fourth-order valence-electron chi connectivity index (χ4n) is 3.37. The Morgan fingerprint density at radius 1 is 1.22 bits per heavy atom. The van der Waals surface area contributed by atoms with Gasteiger partial charge in [-0.3, -0.25) is 4.79 Å². The zero-order valence-corrected chi connectivity index (χ0v) is 16.3. The van der Waals surface area contributed by atoms with Gasteiger partial charge in [0.05, 0.1) is 29.5 Å². The molecule has 0 spiro atoms. The summed E-state index contributed by atoms with van der Waals surface area (Å²) in [5.74, 6) is 0.826. The van der Waals surface area contributed by atoms with Crippen LogP contribution in [0, 0.1) is 6.92 Å². The van der Waals surface area contributed by atoms with Crippen LogP contribution in [-0.4, -0.2) is 42.2 Å². The molecule has 7 heteroatoms. The smallest absolute Gasteiger partial charge is 0.262 e. The average Bonchev–Trinajstić information content (AvgIpc) is 3.06. The van der Waals surface area contributed by atoms with Crippen molar-refractivity contribution in [3.8, 4) is 0 Å². The van der Waals surface area contributed by atoms with E-state index in [9.17, 15) is 4.79 Å². The first-order valence-electron chi connectivity index (χ1n) is 9.07. The van der Waals surface area contributed by atoms with Crippen LogP contribution in [0.1, 0.15) is 33.8 Å². The number of benzene rings is 1. The van der Waals surface area contributed by atoms with Gasteiger partial charge in [0.2, 0.25) is 0 Å². The molecule has 1 aliphatic heterocycles. The molecule has 0 aliphatic carbocycles. The Morgan fingerprint density at radius 2 is 1.96 bits per heavy atom. The lowest BCUT2D eigenvalue weighted by Crippen LogP contribution is -2.36. The van der Waals surface area contributed by atoms with Gasteiger partial charge in [-0.25, -0.2) is 9.97 Å². The maximum atomic E-state index is 12.9. The van der Waals surface area contributed by atoms with Gasteiger partial charge in [-0.05, 0) is 25.0 Å². The Balaban J connectivity index is 1.64. The van der Waals surface area contributed by atoms with E-state index in [0.717, 1.165) is 40.3 Å². The van der Waals surface area contributed by atoms with Crippen LogP contribution in [0.15, 0.2) is 36.7 Å². The van der Waals surface area contributed by atoms with E-state index >= 15 is 0 Å². The monoisotopic (exact) mass is 382 g/mol. The fraction of sp³-hybridized carbons (Fsp3) is 0.350. The van der Waals surface area contributed by atoms with Gasteiger partial charge in [0.25, 0.3) is 5.91 Å². The fourth-order valence-corrected chi connectivity index (χ4v) is 4.42. The number of carbonyl (C=O) groups is 1. The molecular formula is C20H22N4O2S. The third-order valence-electron chi connectivity index (χ3n) is 4.87. The highest BCUT2D eigenvalue weighted by atomic mass is 32.1. The van der Waals surface area contributed by atoms with Crippen molar-refractivity contribution in [2.24, 2.45) is 0 Å². The van der Waals surface area contributed by atoms with E-state index < -0.39 is 0 Å². The van der Waals surface area contributed by atoms with Crippen LogP contribution >= 0.6 is 11.3 Å². The SMILES string of the molecule is Cc1c(C(=O)NC(C)c2ccccc2)sc2ncnc(N3CCOCC3)c12. The Morgan fingerprint density at radius 3 is 2.70 bits per heavy atom. The number of morpholine rings is 1. The summed E-state index contributed by atoms with van der Waals surface area (Å²) >= 11 is 1.43. The van der Waals surface area contributed by atoms with E-state index in [1.165, 1.54) is 11.3 Å². The Labute approximate surface area is 162 Å². The zero-order chi connectivity index (χ0) is 18.8. The number of fused-ring (bicyclic) bond motifs is 1. The molecule has 1 unspecified atom stereocenters. The van der Waals surface area contributed by atoms with E-state index in [2.05, 4.69) is 20.2 Å². The van der Waals surface area contributed by atoms with Crippen molar-refractivity contribution in [1.82, 2.24) is 15.3 Å². The van der Waals surface area contributed by atoms with E-state index in [4.69, 9.17) is 4.74 Å². The van der Waals surface area contributed by atoms with Crippen molar-refractivity contribution in [1.29, 1.82) is 0 Å². The molecule has 1 N–H and O–H groups in total. The standard InChI is InChI=1S/C20H22N4O2S/c1-13-16-18(24-8-10-26-11-9-24)21-12-22-20(16)27-17(13)19(25)23-14(2)15-6-4-3-5-7-15/h3-7,12,14H,8-11H2,1-2H3,(H,23,25). The predicted molar refractivity (Wildman–Crippen MR) is 108 cm³/mol. The van der Waals surface area contributed by atoms with Gasteiger partial charge in [-0.2, -0.15) is 0 Å². The molecule has 1 aliphatic rings. The van der Waals surface area contributed by atoms with Gasteiger partial charge in [-0.1, -0.05) is 30.3 Å². The van der Waals surface area contributed by atoms with Crippen LogP contribution in [0.5, 0.6) is 0 Å². The van der Waals surface area contributed by atoms with Crippen LogP contribution in [0.25, 0.3) is 10.2 Å². The number of carbonyl (C=O) groups excluding carboxylic acids is 1. The molecular weight excluding hydrogens is 360 g/mol. The van der Waals surface area contributed by atoms with Crippen molar-refractivity contribution in [3.63, 3.8) is 0 Å². The predicted octanol–water partition coefficient (Wildman–Crippen LogP) is 3.33. The van der Waals surface area contributed by atoms with Gasteiger partial charge < -0.3 is 15.0 Å². The second-order valence-electron chi connectivity index (χ2n) is 6.64. The summed E-state index contributed by atoms with van der Waals surface area (Å²) in [6.07, 6.45) is 1.58. The van der Waals surface area contributed by atoms with Crippen molar-refractivity contribution in [3.05, 3.63) is 52.7 Å². The first-order chi connectivity index (χ1) is 13.1. The summed E-state index contributed by atoms with van der Waals surface area (Å²) < 4.78 is 5.45.